The van der Waals surface area contributed by atoms with Crippen molar-refractivity contribution in [3.05, 3.63) is 52.2 Å². The predicted octanol–water partition coefficient (Wildman–Crippen LogP) is 3.38. The number of anilines is 1. The van der Waals surface area contributed by atoms with Crippen molar-refractivity contribution in [3.8, 4) is 11.6 Å². The first kappa shape index (κ1) is 14.6. The molecule has 2 aromatic rings. The maximum atomic E-state index is 12.4. The molecule has 1 aromatic heterocycles. The van der Waals surface area contributed by atoms with Gasteiger partial charge in [-0.25, -0.2) is 4.98 Å². The summed E-state index contributed by atoms with van der Waals surface area (Å²) < 4.78 is 42.2. The number of aromatic nitrogens is 1. The highest BCUT2D eigenvalue weighted by atomic mass is 19.4. The van der Waals surface area contributed by atoms with Gasteiger partial charge in [0, 0.05) is 12.3 Å². The molecule has 0 saturated heterocycles. The number of pyridine rings is 1. The molecule has 0 aliphatic carbocycles. The minimum absolute atomic E-state index is 0.0446. The second kappa shape index (κ2) is 5.27. The minimum Gasteiger partial charge on any atom is -0.439 e. The first-order valence-corrected chi connectivity index (χ1v) is 5.52. The van der Waals surface area contributed by atoms with E-state index in [4.69, 9.17) is 10.5 Å². The third-order valence-electron chi connectivity index (χ3n) is 2.48. The summed E-state index contributed by atoms with van der Waals surface area (Å²) in [5.74, 6) is -0.0785. The molecule has 2 N–H and O–H groups in total. The molecular weight excluding hydrogens is 291 g/mol. The van der Waals surface area contributed by atoms with Gasteiger partial charge in [0.05, 0.1) is 16.6 Å². The number of benzene rings is 1. The van der Waals surface area contributed by atoms with Gasteiger partial charge in [-0.1, -0.05) is 0 Å². The van der Waals surface area contributed by atoms with Crippen LogP contribution in [0.3, 0.4) is 0 Å². The van der Waals surface area contributed by atoms with Crippen LogP contribution in [0.15, 0.2) is 36.5 Å². The van der Waals surface area contributed by atoms with Crippen molar-refractivity contribution in [1.82, 2.24) is 4.98 Å². The van der Waals surface area contributed by atoms with E-state index in [0.29, 0.717) is 6.20 Å². The molecule has 0 saturated carbocycles. The number of halogens is 3. The lowest BCUT2D eigenvalue weighted by Crippen LogP contribution is -2.05. The molecule has 1 heterocycles. The van der Waals surface area contributed by atoms with Crippen molar-refractivity contribution >= 4 is 11.4 Å². The summed E-state index contributed by atoms with van der Waals surface area (Å²) >= 11 is 0. The first-order valence-electron chi connectivity index (χ1n) is 5.52. The van der Waals surface area contributed by atoms with Crippen LogP contribution in [0.1, 0.15) is 5.56 Å². The Balaban J connectivity index is 2.22. The number of hydrogen-bond donors (Lipinski definition) is 1. The predicted molar refractivity (Wildman–Crippen MR) is 66.8 cm³/mol. The topological polar surface area (TPSA) is 91.3 Å². The maximum absolute atomic E-state index is 12.4. The van der Waals surface area contributed by atoms with Gasteiger partial charge in [0.2, 0.25) is 5.88 Å². The SMILES string of the molecule is Nc1ccc(Oc2ccc(C(F)(F)F)cn2)cc1[N+](=O)[O-]. The third kappa shape index (κ3) is 3.38. The number of nitro groups is 1. The van der Waals surface area contributed by atoms with Gasteiger partial charge < -0.3 is 10.5 Å². The lowest BCUT2D eigenvalue weighted by atomic mass is 10.2. The molecule has 9 heteroatoms. The summed E-state index contributed by atoms with van der Waals surface area (Å²) in [6, 6.07) is 5.49. The van der Waals surface area contributed by atoms with Crippen molar-refractivity contribution < 1.29 is 22.8 Å². The molecule has 2 rings (SSSR count). The van der Waals surface area contributed by atoms with Gasteiger partial charge in [0.25, 0.3) is 5.69 Å². The Hall–Kier alpha value is -2.84. The molecule has 6 nitrogen and oxygen atoms in total. The molecule has 0 spiro atoms. The Kier molecular flexibility index (Phi) is 3.66. The van der Waals surface area contributed by atoms with E-state index in [2.05, 4.69) is 4.98 Å². The second-order valence-electron chi connectivity index (χ2n) is 3.96. The molecule has 0 unspecified atom stereocenters. The summed E-state index contributed by atoms with van der Waals surface area (Å²) in [6.45, 7) is 0. The van der Waals surface area contributed by atoms with Crippen molar-refractivity contribution in [2.24, 2.45) is 0 Å². The molecular formula is C12H8F3N3O3. The molecule has 21 heavy (non-hydrogen) atoms. The van der Waals surface area contributed by atoms with Gasteiger partial charge in [-0.2, -0.15) is 13.2 Å². The van der Waals surface area contributed by atoms with Gasteiger partial charge in [-0.15, -0.1) is 0 Å². The number of nitrogens with two attached hydrogens (primary N) is 1. The van der Waals surface area contributed by atoms with Crippen molar-refractivity contribution in [2.75, 3.05) is 5.73 Å². The lowest BCUT2D eigenvalue weighted by molar-refractivity contribution is -0.384. The summed E-state index contributed by atoms with van der Waals surface area (Å²) in [5.41, 5.74) is 4.09. The van der Waals surface area contributed by atoms with Gasteiger partial charge in [-0.3, -0.25) is 10.1 Å². The van der Waals surface area contributed by atoms with E-state index < -0.39 is 16.7 Å². The second-order valence-corrected chi connectivity index (χ2v) is 3.96. The normalized spacial score (nSPS) is 11.2. The van der Waals surface area contributed by atoms with Crippen LogP contribution < -0.4 is 10.5 Å². The zero-order valence-corrected chi connectivity index (χ0v) is 10.3. The van der Waals surface area contributed by atoms with Crippen LogP contribution in [0.5, 0.6) is 11.6 Å². The summed E-state index contributed by atoms with van der Waals surface area (Å²) in [4.78, 5) is 13.5. The summed E-state index contributed by atoms with van der Waals surface area (Å²) in [5, 5.41) is 10.7. The van der Waals surface area contributed by atoms with Crippen LogP contribution in [0.4, 0.5) is 24.5 Å². The van der Waals surface area contributed by atoms with Gasteiger partial charge in [-0.05, 0) is 18.2 Å². The van der Waals surface area contributed by atoms with Crippen molar-refractivity contribution in [2.45, 2.75) is 6.18 Å². The molecule has 0 aliphatic heterocycles. The fourth-order valence-corrected chi connectivity index (χ4v) is 1.47. The van der Waals surface area contributed by atoms with Crippen LogP contribution in [-0.2, 0) is 6.18 Å². The van der Waals surface area contributed by atoms with Crippen molar-refractivity contribution in [1.29, 1.82) is 0 Å². The smallest absolute Gasteiger partial charge is 0.417 e. The number of ether oxygens (including phenoxy) is 1. The Bertz CT molecular complexity index is 672. The van der Waals surface area contributed by atoms with E-state index in [9.17, 15) is 23.3 Å². The zero-order valence-electron chi connectivity index (χ0n) is 10.3. The number of alkyl halides is 3. The Morgan fingerprint density at radius 1 is 1.24 bits per heavy atom. The molecule has 0 amide bonds. The average Bonchev–Trinajstić information content (AvgIpc) is 2.40. The first-order chi connectivity index (χ1) is 9.77. The van der Waals surface area contributed by atoms with E-state index in [-0.39, 0.29) is 23.0 Å². The van der Waals surface area contributed by atoms with E-state index in [1.54, 1.807) is 0 Å². The molecule has 0 radical (unpaired) electrons. The van der Waals surface area contributed by atoms with Gasteiger partial charge in [0.1, 0.15) is 11.4 Å². The number of nitrogens with zero attached hydrogens (tertiary/aromatic N) is 2. The summed E-state index contributed by atoms with van der Waals surface area (Å²) in [7, 11) is 0. The lowest BCUT2D eigenvalue weighted by Gasteiger charge is -2.08. The van der Waals surface area contributed by atoms with Crippen LogP contribution in [0.2, 0.25) is 0 Å². The number of rotatable bonds is 3. The monoisotopic (exact) mass is 299 g/mol. The fourth-order valence-electron chi connectivity index (χ4n) is 1.47. The molecule has 110 valence electrons. The van der Waals surface area contributed by atoms with E-state index in [0.717, 1.165) is 18.2 Å². The van der Waals surface area contributed by atoms with Crippen LogP contribution in [0, 0.1) is 10.1 Å². The molecule has 0 fully saturated rings. The molecule has 0 atom stereocenters. The van der Waals surface area contributed by atoms with E-state index >= 15 is 0 Å². The highest BCUT2D eigenvalue weighted by molar-refractivity contribution is 5.60. The zero-order chi connectivity index (χ0) is 15.6. The van der Waals surface area contributed by atoms with Crippen LogP contribution in [0.25, 0.3) is 0 Å². The van der Waals surface area contributed by atoms with Gasteiger partial charge >= 0.3 is 6.18 Å². The van der Waals surface area contributed by atoms with Crippen LogP contribution >= 0.6 is 0 Å². The van der Waals surface area contributed by atoms with E-state index in [1.807, 2.05) is 0 Å². The number of nitro benzene ring substituents is 1. The maximum Gasteiger partial charge on any atom is 0.417 e. The Morgan fingerprint density at radius 2 is 1.95 bits per heavy atom. The van der Waals surface area contributed by atoms with Crippen LogP contribution in [-0.4, -0.2) is 9.91 Å². The largest absolute Gasteiger partial charge is 0.439 e. The standard InChI is InChI=1S/C12H8F3N3O3/c13-12(14,15)7-1-4-11(17-6-7)21-8-2-3-9(16)10(5-8)18(19)20/h1-6H,16H2. The Labute approximate surface area is 116 Å². The van der Waals surface area contributed by atoms with Gasteiger partial charge in [0.15, 0.2) is 0 Å². The average molecular weight is 299 g/mol. The van der Waals surface area contributed by atoms with E-state index in [1.165, 1.54) is 12.1 Å². The number of hydrogen-bond acceptors (Lipinski definition) is 5. The van der Waals surface area contributed by atoms with Crippen molar-refractivity contribution in [3.63, 3.8) is 0 Å². The third-order valence-corrected chi connectivity index (χ3v) is 2.48. The summed E-state index contributed by atoms with van der Waals surface area (Å²) in [6.07, 6.45) is -3.88. The minimum atomic E-state index is -4.49. The molecule has 1 aromatic carbocycles. The highest BCUT2D eigenvalue weighted by Gasteiger charge is 2.30. The highest BCUT2D eigenvalue weighted by Crippen LogP contribution is 2.31. The molecule has 0 aliphatic rings. The quantitative estimate of drug-likeness (QED) is 0.533. The fraction of sp³-hybridized carbons (Fsp3) is 0.0833. The molecule has 0 bridgehead atoms. The Morgan fingerprint density at radius 3 is 2.48 bits per heavy atom. The number of nitrogen functional groups attached to an aromatic ring is 1.